The molecule has 0 spiro atoms. The van der Waals surface area contributed by atoms with E-state index in [1.807, 2.05) is 25.1 Å². The highest BCUT2D eigenvalue weighted by Gasteiger charge is 2.22. The SMILES string of the molecule is CCOC(=O)Nc1cccc(C(=O)N2CCCC(c3ccc(OC)c(OCC)c3)=N2)c1. The van der Waals surface area contributed by atoms with Gasteiger partial charge in [0, 0.05) is 23.4 Å². The number of carbonyl (C=O) groups is 2. The fourth-order valence-electron chi connectivity index (χ4n) is 3.28. The summed E-state index contributed by atoms with van der Waals surface area (Å²) in [6, 6.07) is 12.4. The minimum Gasteiger partial charge on any atom is -0.493 e. The van der Waals surface area contributed by atoms with E-state index in [-0.39, 0.29) is 12.5 Å². The second-order valence-corrected chi connectivity index (χ2v) is 6.80. The number of methoxy groups -OCH3 is 1. The Hall–Kier alpha value is -3.55. The maximum atomic E-state index is 13.0. The van der Waals surface area contributed by atoms with Gasteiger partial charge in [0.2, 0.25) is 0 Å². The molecule has 0 saturated carbocycles. The van der Waals surface area contributed by atoms with Gasteiger partial charge in [-0.15, -0.1) is 0 Å². The monoisotopic (exact) mass is 425 g/mol. The highest BCUT2D eigenvalue weighted by Crippen LogP contribution is 2.29. The predicted octanol–water partition coefficient (Wildman–Crippen LogP) is 4.30. The minimum absolute atomic E-state index is 0.233. The van der Waals surface area contributed by atoms with Gasteiger partial charge in [-0.3, -0.25) is 10.1 Å². The van der Waals surface area contributed by atoms with Crippen molar-refractivity contribution in [2.75, 3.05) is 32.2 Å². The van der Waals surface area contributed by atoms with E-state index in [0.29, 0.717) is 35.9 Å². The van der Waals surface area contributed by atoms with Gasteiger partial charge in [-0.25, -0.2) is 9.80 Å². The summed E-state index contributed by atoms with van der Waals surface area (Å²) in [5, 5.41) is 8.67. The van der Waals surface area contributed by atoms with Gasteiger partial charge in [0.05, 0.1) is 26.0 Å². The van der Waals surface area contributed by atoms with Gasteiger partial charge >= 0.3 is 6.09 Å². The van der Waals surface area contributed by atoms with E-state index in [4.69, 9.17) is 14.2 Å². The lowest BCUT2D eigenvalue weighted by molar-refractivity contribution is 0.0751. The molecule has 1 aliphatic heterocycles. The highest BCUT2D eigenvalue weighted by molar-refractivity contribution is 6.03. The molecule has 1 heterocycles. The molecule has 0 fully saturated rings. The zero-order valence-corrected chi connectivity index (χ0v) is 18.0. The van der Waals surface area contributed by atoms with Gasteiger partial charge in [-0.2, -0.15) is 5.10 Å². The summed E-state index contributed by atoms with van der Waals surface area (Å²) < 4.78 is 15.9. The van der Waals surface area contributed by atoms with Crippen LogP contribution >= 0.6 is 0 Å². The standard InChI is InChI=1S/C23H27N3O5/c1-4-30-21-15-16(11-12-20(21)29-3)19-10-7-13-26(25-19)22(27)17-8-6-9-18(14-17)24-23(28)31-5-2/h6,8-9,11-12,14-15H,4-5,7,10,13H2,1-3H3,(H,24,28). The quantitative estimate of drug-likeness (QED) is 0.714. The summed E-state index contributed by atoms with van der Waals surface area (Å²) >= 11 is 0. The average molecular weight is 425 g/mol. The number of carbonyl (C=O) groups excluding carboxylic acids is 2. The number of amides is 2. The summed E-state index contributed by atoms with van der Waals surface area (Å²) in [6.07, 6.45) is 0.989. The van der Waals surface area contributed by atoms with Crippen LogP contribution < -0.4 is 14.8 Å². The van der Waals surface area contributed by atoms with Crippen molar-refractivity contribution in [3.05, 3.63) is 53.6 Å². The summed E-state index contributed by atoms with van der Waals surface area (Å²) in [7, 11) is 1.60. The summed E-state index contributed by atoms with van der Waals surface area (Å²) in [5.41, 5.74) is 2.62. The first-order valence-corrected chi connectivity index (χ1v) is 10.3. The number of hydrogen-bond donors (Lipinski definition) is 1. The van der Waals surface area contributed by atoms with E-state index in [0.717, 1.165) is 24.1 Å². The van der Waals surface area contributed by atoms with Crippen LogP contribution in [-0.2, 0) is 4.74 Å². The molecule has 2 amide bonds. The number of nitrogens with one attached hydrogen (secondary N) is 1. The lowest BCUT2D eigenvalue weighted by Gasteiger charge is -2.24. The van der Waals surface area contributed by atoms with Crippen molar-refractivity contribution in [2.45, 2.75) is 26.7 Å². The summed E-state index contributed by atoms with van der Waals surface area (Å²) in [6.45, 7) is 4.95. The second-order valence-electron chi connectivity index (χ2n) is 6.80. The van der Waals surface area contributed by atoms with Crippen LogP contribution in [0.5, 0.6) is 11.5 Å². The fraction of sp³-hybridized carbons (Fsp3) is 0.348. The van der Waals surface area contributed by atoms with Crippen LogP contribution in [0.25, 0.3) is 0 Å². The number of rotatable bonds is 7. The fourth-order valence-corrected chi connectivity index (χ4v) is 3.28. The molecular formula is C23H27N3O5. The van der Waals surface area contributed by atoms with Crippen LogP contribution in [0.1, 0.15) is 42.6 Å². The molecular weight excluding hydrogens is 398 g/mol. The Morgan fingerprint density at radius 2 is 1.94 bits per heavy atom. The lowest BCUT2D eigenvalue weighted by atomic mass is 10.0. The van der Waals surface area contributed by atoms with Crippen molar-refractivity contribution in [1.29, 1.82) is 0 Å². The minimum atomic E-state index is -0.560. The number of benzene rings is 2. The van der Waals surface area contributed by atoms with Gasteiger partial charge in [0.15, 0.2) is 11.5 Å². The molecule has 0 saturated heterocycles. The van der Waals surface area contributed by atoms with Crippen LogP contribution in [-0.4, -0.2) is 49.6 Å². The molecule has 164 valence electrons. The van der Waals surface area contributed by atoms with E-state index in [1.54, 1.807) is 38.3 Å². The molecule has 1 N–H and O–H groups in total. The third kappa shape index (κ3) is 5.53. The van der Waals surface area contributed by atoms with Crippen LogP contribution in [0.4, 0.5) is 10.5 Å². The van der Waals surface area contributed by atoms with Gasteiger partial charge in [-0.05, 0) is 63.1 Å². The van der Waals surface area contributed by atoms with Crippen molar-refractivity contribution in [3.8, 4) is 11.5 Å². The Morgan fingerprint density at radius 3 is 2.68 bits per heavy atom. The number of nitrogens with zero attached hydrogens (tertiary/aromatic N) is 2. The van der Waals surface area contributed by atoms with Crippen molar-refractivity contribution in [3.63, 3.8) is 0 Å². The molecule has 8 heteroatoms. The molecule has 0 unspecified atom stereocenters. The molecule has 0 aromatic heterocycles. The number of ether oxygens (including phenoxy) is 3. The zero-order chi connectivity index (χ0) is 22.2. The van der Waals surface area contributed by atoms with E-state index in [1.165, 1.54) is 5.01 Å². The number of hydrogen-bond acceptors (Lipinski definition) is 6. The predicted molar refractivity (Wildman–Crippen MR) is 118 cm³/mol. The Bertz CT molecular complexity index is 973. The molecule has 0 atom stereocenters. The molecule has 2 aromatic carbocycles. The van der Waals surface area contributed by atoms with E-state index in [9.17, 15) is 9.59 Å². The second kappa shape index (κ2) is 10.5. The largest absolute Gasteiger partial charge is 0.493 e. The van der Waals surface area contributed by atoms with E-state index >= 15 is 0 Å². The van der Waals surface area contributed by atoms with E-state index in [2.05, 4.69) is 10.4 Å². The van der Waals surface area contributed by atoms with E-state index < -0.39 is 6.09 Å². The van der Waals surface area contributed by atoms with Crippen molar-refractivity contribution in [2.24, 2.45) is 5.10 Å². The van der Waals surface area contributed by atoms with Crippen molar-refractivity contribution < 1.29 is 23.8 Å². The molecule has 31 heavy (non-hydrogen) atoms. The highest BCUT2D eigenvalue weighted by atomic mass is 16.5. The topological polar surface area (TPSA) is 89.5 Å². The van der Waals surface area contributed by atoms with Crippen LogP contribution in [0.2, 0.25) is 0 Å². The first-order chi connectivity index (χ1) is 15.0. The third-order valence-corrected chi connectivity index (χ3v) is 4.69. The Balaban J connectivity index is 1.81. The molecule has 0 bridgehead atoms. The van der Waals surface area contributed by atoms with Gasteiger partial charge in [-0.1, -0.05) is 6.07 Å². The number of anilines is 1. The number of hydrazone groups is 1. The molecule has 1 aliphatic rings. The van der Waals surface area contributed by atoms with Crippen LogP contribution in [0.3, 0.4) is 0 Å². The third-order valence-electron chi connectivity index (χ3n) is 4.69. The normalized spacial score (nSPS) is 13.3. The van der Waals surface area contributed by atoms with Gasteiger partial charge in [0.25, 0.3) is 5.91 Å². The maximum Gasteiger partial charge on any atom is 0.411 e. The van der Waals surface area contributed by atoms with Crippen molar-refractivity contribution >= 4 is 23.4 Å². The first kappa shape index (κ1) is 22.1. The Labute approximate surface area is 181 Å². The maximum absolute atomic E-state index is 13.0. The summed E-state index contributed by atoms with van der Waals surface area (Å²) in [4.78, 5) is 24.7. The Kier molecular flexibility index (Phi) is 7.48. The molecule has 8 nitrogen and oxygen atoms in total. The lowest BCUT2D eigenvalue weighted by Crippen LogP contribution is -2.32. The smallest absolute Gasteiger partial charge is 0.411 e. The van der Waals surface area contributed by atoms with Crippen LogP contribution in [0, 0.1) is 0 Å². The Morgan fingerprint density at radius 1 is 1.10 bits per heavy atom. The van der Waals surface area contributed by atoms with Crippen LogP contribution in [0.15, 0.2) is 47.6 Å². The van der Waals surface area contributed by atoms with Gasteiger partial charge in [0.1, 0.15) is 0 Å². The average Bonchev–Trinajstić information content (AvgIpc) is 2.79. The molecule has 3 rings (SSSR count). The molecule has 0 aliphatic carbocycles. The molecule has 2 aromatic rings. The molecule has 0 radical (unpaired) electrons. The van der Waals surface area contributed by atoms with Crippen molar-refractivity contribution in [1.82, 2.24) is 5.01 Å². The summed E-state index contributed by atoms with van der Waals surface area (Å²) in [5.74, 6) is 1.07. The zero-order valence-electron chi connectivity index (χ0n) is 18.0. The first-order valence-electron chi connectivity index (χ1n) is 10.3. The van der Waals surface area contributed by atoms with Gasteiger partial charge < -0.3 is 14.2 Å².